The number of hydrogen-bond donors (Lipinski definition) is 2. The summed E-state index contributed by atoms with van der Waals surface area (Å²) in [6, 6.07) is 8.33. The molecule has 1 aliphatic heterocycles. The van der Waals surface area contributed by atoms with E-state index in [-0.39, 0.29) is 23.8 Å². The fraction of sp³-hybridized carbons (Fsp3) is 0.333. The molecule has 0 radical (unpaired) electrons. The number of carbonyl (C=O) groups excluding carboxylic acids is 1. The Morgan fingerprint density at radius 2 is 1.79 bits per heavy atom. The number of thioether (sulfide) groups is 1. The predicted octanol–water partition coefficient (Wildman–Crippen LogP) is 2.69. The molecule has 1 fully saturated rings. The van der Waals surface area contributed by atoms with Gasteiger partial charge in [0, 0.05) is 29.4 Å². The van der Waals surface area contributed by atoms with Gasteiger partial charge in [-0.2, -0.15) is 16.1 Å². The third kappa shape index (κ3) is 5.01. The molecule has 1 aromatic heterocycles. The lowest BCUT2D eigenvalue weighted by Gasteiger charge is -2.43. The van der Waals surface area contributed by atoms with E-state index in [0.29, 0.717) is 17.3 Å². The van der Waals surface area contributed by atoms with Crippen molar-refractivity contribution in [2.24, 2.45) is 0 Å². The van der Waals surface area contributed by atoms with Crippen molar-refractivity contribution in [3.8, 4) is 11.5 Å². The van der Waals surface area contributed by atoms with Crippen LogP contribution in [0.15, 0.2) is 53.7 Å². The van der Waals surface area contributed by atoms with Crippen molar-refractivity contribution >= 4 is 40.1 Å². The Bertz CT molecular complexity index is 940. The van der Waals surface area contributed by atoms with Crippen molar-refractivity contribution in [2.75, 3.05) is 12.3 Å². The van der Waals surface area contributed by atoms with Crippen LogP contribution < -0.4 is 10.2 Å². The van der Waals surface area contributed by atoms with E-state index in [2.05, 4.69) is 4.98 Å². The Hall–Kier alpha value is -1.85. The fourth-order valence-corrected chi connectivity index (χ4v) is 6.19. The minimum absolute atomic E-state index is 0. The lowest BCUT2D eigenvalue weighted by Crippen LogP contribution is -2.61. The van der Waals surface area contributed by atoms with E-state index in [1.807, 2.05) is 0 Å². The average molecular weight is 460 g/mol. The summed E-state index contributed by atoms with van der Waals surface area (Å²) >= 11 is 1.49. The molecule has 0 bridgehead atoms. The maximum absolute atomic E-state index is 13.2. The van der Waals surface area contributed by atoms with Gasteiger partial charge in [-0.05, 0) is 50.2 Å². The van der Waals surface area contributed by atoms with Crippen LogP contribution in [-0.4, -0.2) is 51.9 Å². The molecule has 1 aliphatic rings. The zero-order valence-corrected chi connectivity index (χ0v) is 18.3. The highest BCUT2D eigenvalue weighted by Gasteiger charge is 2.48. The number of ether oxygens (including phenoxy) is 1. The Kier molecular flexibility index (Phi) is 7.52. The molecular weight excluding hydrogens is 438 g/mol. The highest BCUT2D eigenvalue weighted by Crippen LogP contribution is 2.38. The van der Waals surface area contributed by atoms with Gasteiger partial charge in [0.1, 0.15) is 17.5 Å². The molecule has 0 aliphatic carbocycles. The first-order valence-electron chi connectivity index (χ1n) is 8.53. The van der Waals surface area contributed by atoms with Crippen molar-refractivity contribution in [1.29, 1.82) is 0 Å². The normalized spacial score (nSPS) is 19.1. The van der Waals surface area contributed by atoms with Gasteiger partial charge >= 0.3 is 0 Å². The lowest BCUT2D eigenvalue weighted by molar-refractivity contribution is -0.134. The third-order valence-electron chi connectivity index (χ3n) is 4.41. The number of pyridine rings is 1. The second-order valence-corrected chi connectivity index (χ2v) is 10.3. The van der Waals surface area contributed by atoms with Crippen LogP contribution in [0.5, 0.6) is 11.5 Å². The smallest absolute Gasteiger partial charge is 0.263 e. The molecule has 11 heteroatoms. The van der Waals surface area contributed by atoms with E-state index in [1.54, 1.807) is 56.0 Å². The van der Waals surface area contributed by atoms with Crippen molar-refractivity contribution in [1.82, 2.24) is 14.8 Å². The van der Waals surface area contributed by atoms with Gasteiger partial charge in [-0.25, -0.2) is 13.9 Å². The van der Waals surface area contributed by atoms with Crippen LogP contribution in [0.4, 0.5) is 0 Å². The molecule has 2 aromatic rings. The zero-order chi connectivity index (χ0) is 20.4. The number of nitrogens with zero attached hydrogens (tertiary/aromatic N) is 2. The fourth-order valence-electron chi connectivity index (χ4n) is 3.08. The van der Waals surface area contributed by atoms with Crippen LogP contribution in [0.1, 0.15) is 13.8 Å². The number of halogens is 1. The molecule has 0 spiro atoms. The molecule has 1 saturated heterocycles. The summed E-state index contributed by atoms with van der Waals surface area (Å²) in [5, 5.41) is 9.10. The molecule has 1 unspecified atom stereocenters. The number of amides is 1. The standard InChI is InChI=1S/C18H21N3O5S2.ClH/c1-18(2)16(17(22)20-23)21(11-12-27-18)28(24,25)15-5-3-13(4-6-15)26-14-7-9-19-10-8-14;/h3-10,16,23H,11-12H2,1-2H3,(H,20,22);1H. The van der Waals surface area contributed by atoms with Crippen molar-refractivity contribution < 1.29 is 23.2 Å². The number of aromatic nitrogens is 1. The third-order valence-corrected chi connectivity index (χ3v) is 7.64. The van der Waals surface area contributed by atoms with Gasteiger partial charge in [-0.1, -0.05) is 0 Å². The van der Waals surface area contributed by atoms with Crippen LogP contribution in [0.25, 0.3) is 0 Å². The zero-order valence-electron chi connectivity index (χ0n) is 15.8. The molecular formula is C18H22ClN3O5S2. The lowest BCUT2D eigenvalue weighted by atomic mass is 10.0. The number of hydrogen-bond acceptors (Lipinski definition) is 7. The molecule has 2 N–H and O–H groups in total. The van der Waals surface area contributed by atoms with Gasteiger partial charge in [0.2, 0.25) is 10.0 Å². The molecule has 158 valence electrons. The first-order valence-corrected chi connectivity index (χ1v) is 11.0. The maximum atomic E-state index is 13.2. The summed E-state index contributed by atoms with van der Waals surface area (Å²) in [4.78, 5) is 16.2. The molecule has 1 atom stereocenters. The van der Waals surface area contributed by atoms with Crippen molar-refractivity contribution in [2.45, 2.75) is 29.5 Å². The topological polar surface area (TPSA) is 109 Å². The van der Waals surface area contributed by atoms with Gasteiger partial charge in [-0.15, -0.1) is 12.4 Å². The molecule has 1 aromatic carbocycles. The first kappa shape index (κ1) is 23.4. The summed E-state index contributed by atoms with van der Waals surface area (Å²) in [6.45, 7) is 3.74. The number of carbonyl (C=O) groups is 1. The van der Waals surface area contributed by atoms with Gasteiger partial charge in [0.25, 0.3) is 5.91 Å². The maximum Gasteiger partial charge on any atom is 0.263 e. The monoisotopic (exact) mass is 459 g/mol. The molecule has 29 heavy (non-hydrogen) atoms. The summed E-state index contributed by atoms with van der Waals surface area (Å²) < 4.78 is 32.5. The second kappa shape index (κ2) is 9.31. The molecule has 8 nitrogen and oxygen atoms in total. The summed E-state index contributed by atoms with van der Waals surface area (Å²) in [6.07, 6.45) is 3.19. The Morgan fingerprint density at radius 3 is 2.38 bits per heavy atom. The van der Waals surface area contributed by atoms with E-state index < -0.39 is 26.7 Å². The summed E-state index contributed by atoms with van der Waals surface area (Å²) in [7, 11) is -3.94. The minimum Gasteiger partial charge on any atom is -0.457 e. The first-order chi connectivity index (χ1) is 13.3. The predicted molar refractivity (Wildman–Crippen MR) is 112 cm³/mol. The van der Waals surface area contributed by atoms with Crippen molar-refractivity contribution in [3.63, 3.8) is 0 Å². The quantitative estimate of drug-likeness (QED) is 0.522. The highest BCUT2D eigenvalue weighted by molar-refractivity contribution is 8.00. The highest BCUT2D eigenvalue weighted by atomic mass is 35.5. The molecule has 2 heterocycles. The van der Waals surface area contributed by atoms with Gasteiger partial charge < -0.3 is 4.74 Å². The van der Waals surface area contributed by atoms with Crippen LogP contribution in [0.3, 0.4) is 0 Å². The van der Waals surface area contributed by atoms with E-state index in [0.717, 1.165) is 4.31 Å². The van der Waals surface area contributed by atoms with Crippen LogP contribution >= 0.6 is 24.2 Å². The van der Waals surface area contributed by atoms with E-state index >= 15 is 0 Å². The number of benzene rings is 1. The van der Waals surface area contributed by atoms with Gasteiger partial charge in [-0.3, -0.25) is 15.0 Å². The average Bonchev–Trinajstić information content (AvgIpc) is 2.68. The number of hydroxylamine groups is 1. The van der Waals surface area contributed by atoms with Crippen LogP contribution in [-0.2, 0) is 14.8 Å². The van der Waals surface area contributed by atoms with Crippen LogP contribution in [0, 0.1) is 0 Å². The van der Waals surface area contributed by atoms with E-state index in [9.17, 15) is 13.2 Å². The molecule has 1 amide bonds. The summed E-state index contributed by atoms with van der Waals surface area (Å²) in [5.41, 5.74) is 1.60. The van der Waals surface area contributed by atoms with Gasteiger partial charge in [0.05, 0.1) is 4.90 Å². The Balaban J connectivity index is 0.00000300. The Morgan fingerprint density at radius 1 is 1.21 bits per heavy atom. The number of sulfonamides is 1. The number of nitrogens with one attached hydrogen (secondary N) is 1. The van der Waals surface area contributed by atoms with E-state index in [4.69, 9.17) is 9.94 Å². The largest absolute Gasteiger partial charge is 0.457 e. The van der Waals surface area contributed by atoms with Gasteiger partial charge in [0.15, 0.2) is 0 Å². The van der Waals surface area contributed by atoms with E-state index in [1.165, 1.54) is 23.9 Å². The SMILES string of the molecule is CC1(C)SCCN(S(=O)(=O)c2ccc(Oc3ccncc3)cc2)C1C(=O)NO.Cl. The molecule has 3 rings (SSSR count). The van der Waals surface area contributed by atoms with Crippen LogP contribution in [0.2, 0.25) is 0 Å². The Labute approximate surface area is 180 Å². The summed E-state index contributed by atoms with van der Waals surface area (Å²) in [5.74, 6) is 0.854. The second-order valence-electron chi connectivity index (χ2n) is 6.70. The molecule has 0 saturated carbocycles. The minimum atomic E-state index is -3.94. The van der Waals surface area contributed by atoms with Crippen molar-refractivity contribution in [3.05, 3.63) is 48.8 Å². The number of rotatable bonds is 5.